The fourth-order valence-electron chi connectivity index (χ4n) is 2.14. The lowest BCUT2D eigenvalue weighted by atomic mass is 10.1. The summed E-state index contributed by atoms with van der Waals surface area (Å²) in [5.74, 6) is -0.0943. The smallest absolute Gasteiger partial charge is 0.252 e. The average molecular weight is 325 g/mol. The molecular weight excluding hydrogens is 306 g/mol. The van der Waals surface area contributed by atoms with Crippen LogP contribution in [0.5, 0.6) is 0 Å². The van der Waals surface area contributed by atoms with Crippen molar-refractivity contribution in [3.05, 3.63) is 64.8 Å². The number of rotatable bonds is 6. The fraction of sp³-hybridized carbons (Fsp3) is 0.111. The van der Waals surface area contributed by atoms with Crippen molar-refractivity contribution >= 4 is 35.9 Å². The van der Waals surface area contributed by atoms with Gasteiger partial charge in [0.2, 0.25) is 0 Å². The molecule has 0 bridgehead atoms. The second kappa shape index (κ2) is 7.65. The first-order chi connectivity index (χ1) is 11.1. The van der Waals surface area contributed by atoms with Gasteiger partial charge in [-0.05, 0) is 36.1 Å². The monoisotopic (exact) mass is 325 g/mol. The highest BCUT2D eigenvalue weighted by atomic mass is 32.2. The molecule has 4 nitrogen and oxygen atoms in total. The molecule has 2 N–H and O–H groups in total. The van der Waals surface area contributed by atoms with Crippen LogP contribution in [0.3, 0.4) is 0 Å². The molecule has 0 fully saturated rings. The summed E-state index contributed by atoms with van der Waals surface area (Å²) in [4.78, 5) is 13.9. The van der Waals surface area contributed by atoms with Gasteiger partial charge in [0.25, 0.3) is 5.91 Å². The zero-order valence-electron chi connectivity index (χ0n) is 13.2. The van der Waals surface area contributed by atoms with E-state index in [1.165, 1.54) is 11.8 Å². The minimum Gasteiger partial charge on any atom is -0.355 e. The van der Waals surface area contributed by atoms with Gasteiger partial charge in [-0.3, -0.25) is 9.89 Å². The van der Waals surface area contributed by atoms with Crippen LogP contribution in [-0.4, -0.2) is 23.2 Å². The molecule has 0 saturated carbocycles. The summed E-state index contributed by atoms with van der Waals surface area (Å²) in [5, 5.41) is 9.83. The average Bonchev–Trinajstić information content (AvgIpc) is 2.96. The zero-order valence-corrected chi connectivity index (χ0v) is 14.0. The summed E-state index contributed by atoms with van der Waals surface area (Å²) >= 11 is 1.54. The van der Waals surface area contributed by atoms with Crippen LogP contribution in [0.2, 0.25) is 0 Å². The number of thioether (sulfide) groups is 1. The summed E-state index contributed by atoms with van der Waals surface area (Å²) in [6.45, 7) is 9.55. The molecule has 0 unspecified atom stereocenters. The topological polar surface area (TPSA) is 57.8 Å². The number of nitrogens with one attached hydrogen (secondary N) is 2. The number of aromatic nitrogens is 2. The maximum absolute atomic E-state index is 11.9. The third kappa shape index (κ3) is 3.81. The Morgan fingerprint density at radius 3 is 2.70 bits per heavy atom. The van der Waals surface area contributed by atoms with Crippen molar-refractivity contribution in [2.24, 2.45) is 0 Å². The molecule has 1 heterocycles. The number of amides is 1. The number of hydrogen-bond acceptors (Lipinski definition) is 3. The number of carbonyl (C=O) groups is 1. The van der Waals surface area contributed by atoms with E-state index in [9.17, 15) is 4.79 Å². The van der Waals surface area contributed by atoms with Crippen LogP contribution in [0.15, 0.2) is 47.2 Å². The van der Waals surface area contributed by atoms with Crippen LogP contribution < -0.4 is 5.32 Å². The Labute approximate surface area is 140 Å². The Balaban J connectivity index is 2.31. The largest absolute Gasteiger partial charge is 0.355 e. The van der Waals surface area contributed by atoms with E-state index in [0.29, 0.717) is 5.56 Å². The highest BCUT2D eigenvalue weighted by molar-refractivity contribution is 8.03. The van der Waals surface area contributed by atoms with E-state index in [0.717, 1.165) is 26.8 Å². The van der Waals surface area contributed by atoms with Gasteiger partial charge in [0.05, 0.1) is 17.0 Å². The third-order valence-electron chi connectivity index (χ3n) is 3.24. The number of hydrogen-bond donors (Lipinski definition) is 2. The zero-order chi connectivity index (χ0) is 16.8. The Hall–Kier alpha value is -2.53. The van der Waals surface area contributed by atoms with Crippen LogP contribution in [0.25, 0.3) is 18.2 Å². The second-order valence-corrected chi connectivity index (χ2v) is 6.06. The number of allylic oxidation sites excluding steroid dienone is 1. The molecule has 0 aliphatic rings. The van der Waals surface area contributed by atoms with Crippen molar-refractivity contribution < 1.29 is 4.79 Å². The number of benzene rings is 1. The molecule has 5 heteroatoms. The van der Waals surface area contributed by atoms with E-state index >= 15 is 0 Å². The molecule has 1 aromatic heterocycles. The Morgan fingerprint density at radius 2 is 2.04 bits per heavy atom. The molecule has 23 heavy (non-hydrogen) atoms. The second-order valence-electron chi connectivity index (χ2n) is 4.78. The van der Waals surface area contributed by atoms with Crippen molar-refractivity contribution in [2.75, 3.05) is 7.05 Å². The lowest BCUT2D eigenvalue weighted by Gasteiger charge is -2.08. The quantitative estimate of drug-likeness (QED) is 0.782. The van der Waals surface area contributed by atoms with Gasteiger partial charge in [-0.2, -0.15) is 5.10 Å². The van der Waals surface area contributed by atoms with E-state index in [1.807, 2.05) is 37.3 Å². The molecule has 0 atom stereocenters. The molecule has 0 aliphatic carbocycles. The standard InChI is InChI=1S/C18H19N3OS/c1-5-13-15(6-2)20-21-16(13)11-12(3)23-17-10-8-7-9-14(17)18(22)19-4/h5-11H,1-2H2,3-4H3,(H,19,22)(H,20,21)/b12-11+. The van der Waals surface area contributed by atoms with E-state index < -0.39 is 0 Å². The fourth-order valence-corrected chi connectivity index (χ4v) is 3.08. The lowest BCUT2D eigenvalue weighted by molar-refractivity contribution is 0.0960. The molecule has 1 aromatic carbocycles. The van der Waals surface area contributed by atoms with Gasteiger partial charge in [0.15, 0.2) is 0 Å². The molecule has 0 radical (unpaired) electrons. The molecule has 0 aliphatic heterocycles. The van der Waals surface area contributed by atoms with E-state index in [-0.39, 0.29) is 5.91 Å². The number of H-pyrrole nitrogens is 1. The Bertz CT molecular complexity index is 774. The number of aromatic amines is 1. The Kier molecular flexibility index (Phi) is 5.60. The van der Waals surface area contributed by atoms with Crippen LogP contribution >= 0.6 is 11.8 Å². The summed E-state index contributed by atoms with van der Waals surface area (Å²) < 4.78 is 0. The highest BCUT2D eigenvalue weighted by Crippen LogP contribution is 2.31. The highest BCUT2D eigenvalue weighted by Gasteiger charge is 2.11. The van der Waals surface area contributed by atoms with Gasteiger partial charge >= 0.3 is 0 Å². The first-order valence-corrected chi connectivity index (χ1v) is 7.92. The molecule has 118 valence electrons. The number of carbonyl (C=O) groups excluding carboxylic acids is 1. The van der Waals surface area contributed by atoms with Crippen molar-refractivity contribution in [2.45, 2.75) is 11.8 Å². The molecular formula is C18H19N3OS. The molecule has 2 aromatic rings. The minimum absolute atomic E-state index is 0.0943. The predicted molar refractivity (Wildman–Crippen MR) is 98.1 cm³/mol. The van der Waals surface area contributed by atoms with Crippen LogP contribution in [0.4, 0.5) is 0 Å². The van der Waals surface area contributed by atoms with Gasteiger partial charge in [0, 0.05) is 17.5 Å². The van der Waals surface area contributed by atoms with Crippen LogP contribution in [-0.2, 0) is 0 Å². The van der Waals surface area contributed by atoms with E-state index in [2.05, 4.69) is 28.7 Å². The summed E-state index contributed by atoms with van der Waals surface area (Å²) in [6, 6.07) is 7.52. The van der Waals surface area contributed by atoms with E-state index in [4.69, 9.17) is 0 Å². The van der Waals surface area contributed by atoms with Gasteiger partial charge in [-0.25, -0.2) is 0 Å². The maximum Gasteiger partial charge on any atom is 0.252 e. The van der Waals surface area contributed by atoms with Crippen molar-refractivity contribution in [1.82, 2.24) is 15.5 Å². The maximum atomic E-state index is 11.9. The lowest BCUT2D eigenvalue weighted by Crippen LogP contribution is -2.18. The van der Waals surface area contributed by atoms with Gasteiger partial charge in [-0.1, -0.05) is 43.1 Å². The third-order valence-corrected chi connectivity index (χ3v) is 4.25. The van der Waals surface area contributed by atoms with Gasteiger partial charge in [-0.15, -0.1) is 0 Å². The number of nitrogens with zero attached hydrogens (tertiary/aromatic N) is 1. The minimum atomic E-state index is -0.0943. The molecule has 2 rings (SSSR count). The first-order valence-electron chi connectivity index (χ1n) is 7.11. The SMILES string of the molecule is C=Cc1n[nH]c(/C=C(\C)Sc2ccccc2C(=O)NC)c1C=C. The predicted octanol–water partition coefficient (Wildman–Crippen LogP) is 4.21. The van der Waals surface area contributed by atoms with Gasteiger partial charge < -0.3 is 5.32 Å². The summed E-state index contributed by atoms with van der Waals surface area (Å²) in [5.41, 5.74) is 3.22. The van der Waals surface area contributed by atoms with Crippen LogP contribution in [0, 0.1) is 0 Å². The van der Waals surface area contributed by atoms with Crippen molar-refractivity contribution in [3.8, 4) is 0 Å². The molecule has 0 spiro atoms. The molecule has 0 saturated heterocycles. The van der Waals surface area contributed by atoms with Crippen LogP contribution in [0.1, 0.15) is 34.2 Å². The van der Waals surface area contributed by atoms with E-state index in [1.54, 1.807) is 19.2 Å². The first kappa shape index (κ1) is 16.8. The summed E-state index contributed by atoms with van der Waals surface area (Å²) in [6.07, 6.45) is 5.43. The van der Waals surface area contributed by atoms with Crippen molar-refractivity contribution in [1.29, 1.82) is 0 Å². The van der Waals surface area contributed by atoms with Gasteiger partial charge in [0.1, 0.15) is 0 Å². The molecule has 1 amide bonds. The Morgan fingerprint density at radius 1 is 1.30 bits per heavy atom. The summed E-state index contributed by atoms with van der Waals surface area (Å²) in [7, 11) is 1.63. The van der Waals surface area contributed by atoms with Crippen molar-refractivity contribution in [3.63, 3.8) is 0 Å². The normalized spacial score (nSPS) is 11.1.